The van der Waals surface area contributed by atoms with Crippen LogP contribution in [-0.2, 0) is 9.59 Å². The zero-order valence-electron chi connectivity index (χ0n) is 8.43. The first-order valence-electron chi connectivity index (χ1n) is 4.09. The van der Waals surface area contributed by atoms with Gasteiger partial charge in [-0.2, -0.15) is 0 Å². The van der Waals surface area contributed by atoms with E-state index >= 15 is 0 Å². The van der Waals surface area contributed by atoms with Crippen LogP contribution in [0.2, 0.25) is 0 Å². The molecule has 0 aliphatic rings. The maximum atomic E-state index is 10.4. The van der Waals surface area contributed by atoms with Crippen LogP contribution >= 0.6 is 0 Å². The smallest absolute Gasteiger partial charge is 0.308 e. The molecule has 0 amide bonds. The van der Waals surface area contributed by atoms with Crippen LogP contribution in [0.3, 0.4) is 0 Å². The Morgan fingerprint density at radius 3 is 2.20 bits per heavy atom. The molecular weight excluding hydrogens is 200 g/mol. The molecular formula is C10H12O5. The average Bonchev–Trinajstić information content (AvgIpc) is 2.00. The number of hydrogen-bond acceptors (Lipinski definition) is 4. The molecule has 0 aromatic heterocycles. The quantitative estimate of drug-likeness (QED) is 0.543. The van der Waals surface area contributed by atoms with E-state index in [-0.39, 0.29) is 5.75 Å². The van der Waals surface area contributed by atoms with E-state index in [1.165, 1.54) is 19.1 Å². The number of carbonyl (C=O) groups is 2. The van der Waals surface area contributed by atoms with E-state index in [9.17, 15) is 4.79 Å². The number of carboxylic acids is 1. The number of rotatable bonds is 1. The van der Waals surface area contributed by atoms with E-state index in [0.29, 0.717) is 5.75 Å². The normalized spacial score (nSPS) is 8.40. The molecule has 0 aliphatic carbocycles. The topological polar surface area (TPSA) is 83.8 Å². The van der Waals surface area contributed by atoms with Crippen LogP contribution in [0.15, 0.2) is 24.3 Å². The highest BCUT2D eigenvalue weighted by atomic mass is 16.5. The summed E-state index contributed by atoms with van der Waals surface area (Å²) in [6.45, 7) is 2.39. The maximum Gasteiger partial charge on any atom is 0.308 e. The number of carbonyl (C=O) groups excluding carboxylic acids is 1. The number of ether oxygens (including phenoxy) is 1. The van der Waals surface area contributed by atoms with Gasteiger partial charge in [-0.15, -0.1) is 0 Å². The SMILES string of the molecule is CC(=O)O.CC(=O)Oc1cccc(O)c1. The van der Waals surface area contributed by atoms with Crippen molar-refractivity contribution in [3.05, 3.63) is 24.3 Å². The van der Waals surface area contributed by atoms with Crippen LogP contribution in [0.4, 0.5) is 0 Å². The van der Waals surface area contributed by atoms with Gasteiger partial charge in [0.1, 0.15) is 11.5 Å². The first-order chi connectivity index (χ1) is 6.91. The number of aromatic hydroxyl groups is 1. The Hall–Kier alpha value is -2.04. The van der Waals surface area contributed by atoms with E-state index in [0.717, 1.165) is 6.92 Å². The molecule has 0 atom stereocenters. The fourth-order valence-corrected chi connectivity index (χ4v) is 0.713. The summed E-state index contributed by atoms with van der Waals surface area (Å²) in [4.78, 5) is 19.4. The first kappa shape index (κ1) is 13.0. The minimum Gasteiger partial charge on any atom is -0.508 e. The second kappa shape index (κ2) is 6.42. The molecule has 82 valence electrons. The molecule has 0 saturated heterocycles. The van der Waals surface area contributed by atoms with Crippen molar-refractivity contribution in [3.8, 4) is 11.5 Å². The molecule has 0 radical (unpaired) electrons. The van der Waals surface area contributed by atoms with Crippen LogP contribution in [0.1, 0.15) is 13.8 Å². The summed E-state index contributed by atoms with van der Waals surface area (Å²) in [6.07, 6.45) is 0. The van der Waals surface area contributed by atoms with Gasteiger partial charge < -0.3 is 14.9 Å². The summed E-state index contributed by atoms with van der Waals surface area (Å²) in [7, 11) is 0. The van der Waals surface area contributed by atoms with Crippen LogP contribution in [-0.4, -0.2) is 22.2 Å². The molecule has 0 bridgehead atoms. The van der Waals surface area contributed by atoms with Crippen molar-refractivity contribution in [2.24, 2.45) is 0 Å². The first-order valence-corrected chi connectivity index (χ1v) is 4.09. The van der Waals surface area contributed by atoms with Crippen molar-refractivity contribution in [3.63, 3.8) is 0 Å². The summed E-state index contributed by atoms with van der Waals surface area (Å²) in [5.41, 5.74) is 0. The number of esters is 1. The van der Waals surface area contributed by atoms with Crippen molar-refractivity contribution >= 4 is 11.9 Å². The lowest BCUT2D eigenvalue weighted by Crippen LogP contribution is -2.00. The highest BCUT2D eigenvalue weighted by Crippen LogP contribution is 2.17. The van der Waals surface area contributed by atoms with Crippen molar-refractivity contribution in [1.29, 1.82) is 0 Å². The largest absolute Gasteiger partial charge is 0.508 e. The van der Waals surface area contributed by atoms with E-state index in [1.54, 1.807) is 12.1 Å². The van der Waals surface area contributed by atoms with E-state index in [2.05, 4.69) is 0 Å². The van der Waals surface area contributed by atoms with Gasteiger partial charge >= 0.3 is 5.97 Å². The second-order valence-corrected chi connectivity index (χ2v) is 2.61. The molecule has 0 saturated carbocycles. The molecule has 2 N–H and O–H groups in total. The highest BCUT2D eigenvalue weighted by Gasteiger charge is 1.96. The van der Waals surface area contributed by atoms with Crippen LogP contribution in [0, 0.1) is 0 Å². The van der Waals surface area contributed by atoms with Crippen molar-refractivity contribution in [1.82, 2.24) is 0 Å². The number of carboxylic acid groups (broad SMARTS) is 1. The minimum absolute atomic E-state index is 0.0868. The van der Waals surface area contributed by atoms with Gasteiger partial charge in [0.05, 0.1) is 0 Å². The number of hydrogen-bond donors (Lipinski definition) is 2. The molecule has 0 spiro atoms. The molecule has 15 heavy (non-hydrogen) atoms. The van der Waals surface area contributed by atoms with Gasteiger partial charge in [0, 0.05) is 19.9 Å². The summed E-state index contributed by atoms with van der Waals surface area (Å²) in [5.74, 6) is -0.781. The van der Waals surface area contributed by atoms with Crippen molar-refractivity contribution in [2.75, 3.05) is 0 Å². The summed E-state index contributed by atoms with van der Waals surface area (Å²) >= 11 is 0. The van der Waals surface area contributed by atoms with Crippen LogP contribution < -0.4 is 4.74 Å². The van der Waals surface area contributed by atoms with Crippen molar-refractivity contribution in [2.45, 2.75) is 13.8 Å². The lowest BCUT2D eigenvalue weighted by atomic mass is 10.3. The molecule has 0 aliphatic heterocycles. The average molecular weight is 212 g/mol. The van der Waals surface area contributed by atoms with Crippen LogP contribution in [0.25, 0.3) is 0 Å². The molecule has 1 aromatic carbocycles. The second-order valence-electron chi connectivity index (χ2n) is 2.61. The predicted octanol–water partition coefficient (Wildman–Crippen LogP) is 1.41. The lowest BCUT2D eigenvalue weighted by Gasteiger charge is -1.99. The number of benzene rings is 1. The summed E-state index contributed by atoms with van der Waals surface area (Å²) in [5, 5.41) is 16.4. The third kappa shape index (κ3) is 8.29. The Kier molecular flexibility index (Phi) is 5.55. The number of phenolic OH excluding ortho intramolecular Hbond substituents is 1. The standard InChI is InChI=1S/C8H8O3.C2H4O2/c1-6(9)11-8-4-2-3-7(10)5-8;1-2(3)4/h2-5,10H,1H3;1H3,(H,3,4). The zero-order valence-corrected chi connectivity index (χ0v) is 8.43. The van der Waals surface area contributed by atoms with Gasteiger partial charge in [0.2, 0.25) is 0 Å². The molecule has 0 heterocycles. The zero-order chi connectivity index (χ0) is 11.8. The van der Waals surface area contributed by atoms with E-state index in [4.69, 9.17) is 19.7 Å². The van der Waals surface area contributed by atoms with Gasteiger partial charge in [0.15, 0.2) is 0 Å². The Morgan fingerprint density at radius 1 is 1.27 bits per heavy atom. The predicted molar refractivity (Wildman–Crippen MR) is 52.7 cm³/mol. The fraction of sp³-hybridized carbons (Fsp3) is 0.200. The highest BCUT2D eigenvalue weighted by molar-refractivity contribution is 5.69. The molecule has 0 unspecified atom stereocenters. The monoisotopic (exact) mass is 212 g/mol. The summed E-state index contributed by atoms with van der Waals surface area (Å²) < 4.78 is 4.70. The lowest BCUT2D eigenvalue weighted by molar-refractivity contribution is -0.134. The number of phenols is 1. The van der Waals surface area contributed by atoms with Gasteiger partial charge in [0.25, 0.3) is 5.97 Å². The van der Waals surface area contributed by atoms with Gasteiger partial charge in [-0.3, -0.25) is 9.59 Å². The molecule has 5 nitrogen and oxygen atoms in total. The van der Waals surface area contributed by atoms with E-state index < -0.39 is 11.9 Å². The molecule has 5 heteroatoms. The Bertz CT molecular complexity index is 341. The van der Waals surface area contributed by atoms with Gasteiger partial charge in [-0.25, -0.2) is 0 Å². The number of aliphatic carboxylic acids is 1. The Morgan fingerprint density at radius 2 is 1.80 bits per heavy atom. The Balaban J connectivity index is 0.000000423. The van der Waals surface area contributed by atoms with Gasteiger partial charge in [-0.05, 0) is 12.1 Å². The summed E-state index contributed by atoms with van der Waals surface area (Å²) in [6, 6.07) is 6.09. The molecule has 1 aromatic rings. The van der Waals surface area contributed by atoms with Gasteiger partial charge in [-0.1, -0.05) is 6.07 Å². The van der Waals surface area contributed by atoms with Crippen molar-refractivity contribution < 1.29 is 24.5 Å². The third-order valence-corrected chi connectivity index (χ3v) is 1.08. The minimum atomic E-state index is -0.833. The molecule has 0 fully saturated rings. The Labute approximate surface area is 86.9 Å². The maximum absolute atomic E-state index is 10.4. The van der Waals surface area contributed by atoms with E-state index in [1.807, 2.05) is 0 Å². The van der Waals surface area contributed by atoms with Crippen LogP contribution in [0.5, 0.6) is 11.5 Å². The third-order valence-electron chi connectivity index (χ3n) is 1.08. The molecule has 1 rings (SSSR count). The fourth-order valence-electron chi connectivity index (χ4n) is 0.713.